The average molecular weight is 620 g/mol. The second-order valence-corrected chi connectivity index (χ2v) is 11.4. The van der Waals surface area contributed by atoms with E-state index in [4.69, 9.17) is 9.47 Å². The topological polar surface area (TPSA) is 50.8 Å². The fourth-order valence-corrected chi connectivity index (χ4v) is 5.44. The lowest BCUT2D eigenvalue weighted by Crippen LogP contribution is -2.16. The Morgan fingerprint density at radius 2 is 1.69 bits per heavy atom. The number of methoxy groups -OCH3 is 1. The number of carbonyl (C=O) groups is 1. The van der Waals surface area contributed by atoms with Crippen LogP contribution in [0.15, 0.2) is 53.6 Å². The smallest absolute Gasteiger partial charge is 0.228 e. The molecule has 1 aliphatic rings. The molecule has 0 atom stereocenters. The van der Waals surface area contributed by atoms with E-state index in [2.05, 4.69) is 42.4 Å². The van der Waals surface area contributed by atoms with Gasteiger partial charge in [-0.15, -0.1) is 28.7 Å². The fourth-order valence-electron chi connectivity index (χ4n) is 4.68. The number of allylic oxidation sites excluding steroid dienone is 1. The highest BCUT2D eigenvalue weighted by Crippen LogP contribution is 2.28. The van der Waals surface area contributed by atoms with Gasteiger partial charge in [0.15, 0.2) is 0 Å². The minimum absolute atomic E-state index is 0. The van der Waals surface area contributed by atoms with Crippen molar-refractivity contribution in [2.75, 3.05) is 24.9 Å². The van der Waals surface area contributed by atoms with Crippen LogP contribution in [-0.2, 0) is 17.8 Å². The van der Waals surface area contributed by atoms with Crippen LogP contribution in [0.2, 0.25) is 0 Å². The van der Waals surface area contributed by atoms with Crippen molar-refractivity contribution in [3.8, 4) is 11.5 Å². The summed E-state index contributed by atoms with van der Waals surface area (Å²) in [4.78, 5) is 16.5. The van der Waals surface area contributed by atoms with Gasteiger partial charge in [-0.2, -0.15) is 0 Å². The van der Waals surface area contributed by atoms with Crippen molar-refractivity contribution in [3.63, 3.8) is 0 Å². The van der Waals surface area contributed by atoms with Crippen LogP contribution in [-0.4, -0.2) is 30.4 Å². The number of nitrogens with zero attached hydrogens (tertiary/aromatic N) is 1. The Bertz CT molecular complexity index is 1030. The number of hydrogen-bond acceptors (Lipinski definition) is 5. The molecule has 216 valence electrons. The Hall–Kier alpha value is -2.12. The highest BCUT2D eigenvalue weighted by Gasteiger charge is 2.13. The van der Waals surface area contributed by atoms with Crippen molar-refractivity contribution in [2.45, 2.75) is 91.0 Å². The van der Waals surface area contributed by atoms with Crippen LogP contribution >= 0.6 is 28.7 Å². The Labute approximate surface area is 250 Å². The number of amides is 1. The molecule has 7 heteroatoms. The minimum atomic E-state index is -0.0522. The number of carbonyl (C=O) groups excluding carboxylic acids is 1. The van der Waals surface area contributed by atoms with E-state index in [-0.39, 0.29) is 29.3 Å². The van der Waals surface area contributed by atoms with E-state index in [0.717, 1.165) is 41.6 Å². The van der Waals surface area contributed by atoms with Gasteiger partial charge in [0.05, 0.1) is 26.0 Å². The zero-order chi connectivity index (χ0) is 27.0. The molecule has 1 amide bonds. The molecule has 0 radical (unpaired) electrons. The number of hydrogen-bond donors (Lipinski definition) is 1. The second-order valence-electron chi connectivity index (χ2n) is 10.2. The number of ether oxygens (including phenoxy) is 2. The molecule has 1 aliphatic heterocycles. The summed E-state index contributed by atoms with van der Waals surface area (Å²) in [6.07, 6.45) is 15.4. The summed E-state index contributed by atoms with van der Waals surface area (Å²) in [6, 6.07) is 13.8. The lowest BCUT2D eigenvalue weighted by atomic mass is 10.1. The van der Waals surface area contributed by atoms with Crippen LogP contribution in [0.5, 0.6) is 11.5 Å². The molecular weight excluding hydrogens is 572 g/mol. The summed E-state index contributed by atoms with van der Waals surface area (Å²) in [5, 5.41) is 3.07. The number of nitrogens with one attached hydrogen (secondary N) is 1. The monoisotopic (exact) mass is 618 g/mol. The first-order chi connectivity index (χ1) is 18.6. The van der Waals surface area contributed by atoms with Crippen LogP contribution in [0, 0.1) is 0 Å². The zero-order valence-corrected chi connectivity index (χ0v) is 26.5. The van der Waals surface area contributed by atoms with E-state index in [0.29, 0.717) is 6.61 Å². The summed E-state index contributed by atoms with van der Waals surface area (Å²) < 4.78 is 11.5. The number of anilines is 1. The van der Waals surface area contributed by atoms with Crippen LogP contribution in [0.4, 0.5) is 5.69 Å². The Balaban J connectivity index is 0.00000533. The van der Waals surface area contributed by atoms with Gasteiger partial charge in [0, 0.05) is 30.1 Å². The molecule has 0 saturated carbocycles. The number of thioether (sulfide) groups is 1. The molecule has 0 aromatic heterocycles. The zero-order valence-electron chi connectivity index (χ0n) is 24.0. The normalized spacial score (nSPS) is 12.6. The van der Waals surface area contributed by atoms with E-state index in [1.54, 1.807) is 7.11 Å². The first kappa shape index (κ1) is 33.1. The predicted molar refractivity (Wildman–Crippen MR) is 171 cm³/mol. The van der Waals surface area contributed by atoms with Gasteiger partial charge >= 0.3 is 0 Å². The molecule has 0 saturated heterocycles. The summed E-state index contributed by atoms with van der Waals surface area (Å²) in [6.45, 7) is 5.89. The van der Waals surface area contributed by atoms with Gasteiger partial charge in [-0.25, -0.2) is 0 Å². The highest BCUT2D eigenvalue weighted by molar-refractivity contribution is 8.93. The van der Waals surface area contributed by atoms with Gasteiger partial charge < -0.3 is 19.7 Å². The molecule has 0 spiro atoms. The number of unbranched alkanes of at least 4 members (excludes halogenated alkanes) is 9. The summed E-state index contributed by atoms with van der Waals surface area (Å²) >= 11 is 1.85. The van der Waals surface area contributed by atoms with Crippen molar-refractivity contribution in [3.05, 3.63) is 64.7 Å². The molecule has 39 heavy (non-hydrogen) atoms. The van der Waals surface area contributed by atoms with Crippen LogP contribution in [0.3, 0.4) is 0 Å². The van der Waals surface area contributed by atoms with Crippen LogP contribution in [0.25, 0.3) is 0 Å². The van der Waals surface area contributed by atoms with Crippen molar-refractivity contribution >= 4 is 40.3 Å². The molecular formula is C32H47BrN2O3S. The maximum Gasteiger partial charge on any atom is 0.228 e. The molecule has 1 N–H and O–H groups in total. The highest BCUT2D eigenvalue weighted by atomic mass is 79.9. The Morgan fingerprint density at radius 1 is 0.974 bits per heavy atom. The van der Waals surface area contributed by atoms with E-state index < -0.39 is 0 Å². The Morgan fingerprint density at radius 3 is 2.36 bits per heavy atom. The molecule has 3 rings (SSSR count). The Kier molecular flexibility index (Phi) is 16.2. The number of halogens is 1. The van der Waals surface area contributed by atoms with Crippen molar-refractivity contribution in [2.24, 2.45) is 0 Å². The standard InChI is InChI=1S/C32H46N2O3S.BrH/c1-4-5-6-7-8-9-10-11-12-13-19-37-31-22-30(36-3)18-17-28(31)21-32(35)33-29-16-14-15-27(20-29)24-34-23-26(2)38-25-34;/h14-18,20,22-23H,4-13,19,21,24-25H2,1-3H3,(H,33,35);1H. The first-order valence-electron chi connectivity index (χ1n) is 14.3. The minimum Gasteiger partial charge on any atom is -0.497 e. The lowest BCUT2D eigenvalue weighted by molar-refractivity contribution is -0.115. The van der Waals surface area contributed by atoms with E-state index in [1.165, 1.54) is 68.3 Å². The average Bonchev–Trinajstić information content (AvgIpc) is 3.32. The van der Waals surface area contributed by atoms with E-state index in [1.807, 2.05) is 42.1 Å². The maximum atomic E-state index is 12.9. The third-order valence-electron chi connectivity index (χ3n) is 6.80. The molecule has 2 aromatic carbocycles. The summed E-state index contributed by atoms with van der Waals surface area (Å²) in [5.74, 6) is 2.40. The molecule has 0 unspecified atom stereocenters. The fraction of sp³-hybridized carbons (Fsp3) is 0.531. The molecule has 0 fully saturated rings. The SMILES string of the molecule is Br.CCCCCCCCCCCCOc1cc(OC)ccc1CC(=O)Nc1cccc(CN2C=C(C)SC2)c1. The van der Waals surface area contributed by atoms with Gasteiger partial charge in [0.25, 0.3) is 0 Å². The largest absolute Gasteiger partial charge is 0.497 e. The van der Waals surface area contributed by atoms with Crippen molar-refractivity contribution in [1.29, 1.82) is 0 Å². The summed E-state index contributed by atoms with van der Waals surface area (Å²) in [7, 11) is 1.65. The maximum absolute atomic E-state index is 12.9. The number of rotatable bonds is 18. The summed E-state index contributed by atoms with van der Waals surface area (Å²) in [5.41, 5.74) is 2.88. The van der Waals surface area contributed by atoms with E-state index >= 15 is 0 Å². The lowest BCUT2D eigenvalue weighted by Gasteiger charge is -2.16. The molecule has 0 bridgehead atoms. The van der Waals surface area contributed by atoms with Gasteiger partial charge in [-0.1, -0.05) is 82.9 Å². The third kappa shape index (κ3) is 12.7. The van der Waals surface area contributed by atoms with Gasteiger partial charge in [0.2, 0.25) is 5.91 Å². The first-order valence-corrected chi connectivity index (χ1v) is 15.3. The molecule has 5 nitrogen and oxygen atoms in total. The van der Waals surface area contributed by atoms with Crippen molar-refractivity contribution < 1.29 is 14.3 Å². The van der Waals surface area contributed by atoms with Gasteiger partial charge in [-0.05, 0) is 42.0 Å². The second kappa shape index (κ2) is 19.0. The quantitative estimate of drug-likeness (QED) is 0.169. The van der Waals surface area contributed by atoms with Crippen LogP contribution in [0.1, 0.15) is 89.2 Å². The number of benzene rings is 2. The molecule has 1 heterocycles. The predicted octanol–water partition coefficient (Wildman–Crippen LogP) is 9.12. The van der Waals surface area contributed by atoms with Gasteiger partial charge in [0.1, 0.15) is 11.5 Å². The van der Waals surface area contributed by atoms with Crippen molar-refractivity contribution in [1.82, 2.24) is 4.90 Å². The van der Waals surface area contributed by atoms with E-state index in [9.17, 15) is 4.79 Å². The molecule has 0 aliphatic carbocycles. The molecule has 2 aromatic rings. The van der Waals surface area contributed by atoms with Gasteiger partial charge in [-0.3, -0.25) is 4.79 Å². The van der Waals surface area contributed by atoms with Crippen LogP contribution < -0.4 is 14.8 Å². The third-order valence-corrected chi connectivity index (χ3v) is 7.82.